The first-order valence-electron chi connectivity index (χ1n) is 8.26. The highest BCUT2D eigenvalue weighted by molar-refractivity contribution is 5.96. The molecule has 1 fully saturated rings. The van der Waals surface area contributed by atoms with Crippen molar-refractivity contribution in [2.24, 2.45) is 0 Å². The lowest BCUT2D eigenvalue weighted by atomic mass is 10.1. The molecule has 1 aromatic rings. The summed E-state index contributed by atoms with van der Waals surface area (Å²) in [5.74, 6) is -1.40. The molecule has 146 valence electrons. The average molecular weight is 383 g/mol. The highest BCUT2D eigenvalue weighted by Gasteiger charge is 2.36. The maximum absolute atomic E-state index is 13.1. The zero-order valence-electron chi connectivity index (χ0n) is 14.8. The standard InChI is InChI=1S/C18H20F3N3O3/c1-3-15(25)22(2)12-16(26)23-8-10-24(11-9-23)17(27)13-6-4-5-7-14(13)18(19,20)21/h3-7H,1,8-12H2,2H3. The molecule has 1 saturated heterocycles. The summed E-state index contributed by atoms with van der Waals surface area (Å²) in [6, 6.07) is 4.64. The molecule has 27 heavy (non-hydrogen) atoms. The molecule has 1 aliphatic rings. The molecule has 0 spiro atoms. The van der Waals surface area contributed by atoms with E-state index in [1.807, 2.05) is 0 Å². The van der Waals surface area contributed by atoms with E-state index in [4.69, 9.17) is 0 Å². The molecule has 0 bridgehead atoms. The molecular weight excluding hydrogens is 363 g/mol. The Morgan fingerprint density at radius 3 is 2.22 bits per heavy atom. The van der Waals surface area contributed by atoms with Gasteiger partial charge >= 0.3 is 6.18 Å². The average Bonchev–Trinajstić information content (AvgIpc) is 2.66. The number of hydrogen-bond donors (Lipinski definition) is 0. The summed E-state index contributed by atoms with van der Waals surface area (Å²) >= 11 is 0. The first kappa shape index (κ1) is 20.5. The quantitative estimate of drug-likeness (QED) is 0.743. The Morgan fingerprint density at radius 1 is 1.11 bits per heavy atom. The number of carbonyl (C=O) groups excluding carboxylic acids is 3. The topological polar surface area (TPSA) is 60.9 Å². The summed E-state index contributed by atoms with van der Waals surface area (Å²) in [6.07, 6.45) is -3.52. The van der Waals surface area contributed by atoms with Gasteiger partial charge in [-0.05, 0) is 18.2 Å². The fourth-order valence-electron chi connectivity index (χ4n) is 2.78. The van der Waals surface area contributed by atoms with Gasteiger partial charge in [0.1, 0.15) is 0 Å². The number of amides is 3. The van der Waals surface area contributed by atoms with Gasteiger partial charge in [-0.3, -0.25) is 14.4 Å². The second kappa shape index (κ2) is 8.24. The number of likely N-dealkylation sites (N-methyl/N-ethyl adjacent to an activating group) is 1. The Balaban J connectivity index is 2.00. The molecular formula is C18H20F3N3O3. The summed E-state index contributed by atoms with van der Waals surface area (Å²) in [5.41, 5.74) is -1.38. The van der Waals surface area contributed by atoms with Crippen LogP contribution < -0.4 is 0 Å². The van der Waals surface area contributed by atoms with Crippen molar-refractivity contribution in [2.75, 3.05) is 39.8 Å². The molecule has 1 aliphatic heterocycles. The number of halogens is 3. The van der Waals surface area contributed by atoms with Gasteiger partial charge in [0, 0.05) is 33.2 Å². The molecule has 0 N–H and O–H groups in total. The van der Waals surface area contributed by atoms with Gasteiger partial charge in [0.2, 0.25) is 11.8 Å². The molecule has 1 heterocycles. The fraction of sp³-hybridized carbons (Fsp3) is 0.389. The lowest BCUT2D eigenvalue weighted by Gasteiger charge is -2.35. The Morgan fingerprint density at radius 2 is 1.67 bits per heavy atom. The van der Waals surface area contributed by atoms with E-state index in [1.165, 1.54) is 33.9 Å². The van der Waals surface area contributed by atoms with Crippen molar-refractivity contribution < 1.29 is 27.6 Å². The Labute approximate surface area is 154 Å². The second-order valence-corrected chi connectivity index (χ2v) is 6.11. The van der Waals surface area contributed by atoms with E-state index in [-0.39, 0.29) is 44.5 Å². The van der Waals surface area contributed by atoms with Crippen molar-refractivity contribution in [2.45, 2.75) is 6.18 Å². The van der Waals surface area contributed by atoms with Gasteiger partial charge in [0.05, 0.1) is 17.7 Å². The largest absolute Gasteiger partial charge is 0.417 e. The summed E-state index contributed by atoms with van der Waals surface area (Å²) in [5, 5.41) is 0. The monoisotopic (exact) mass is 383 g/mol. The van der Waals surface area contributed by atoms with Crippen LogP contribution in [-0.2, 0) is 15.8 Å². The van der Waals surface area contributed by atoms with E-state index in [0.29, 0.717) is 0 Å². The van der Waals surface area contributed by atoms with Crippen LogP contribution in [0.1, 0.15) is 15.9 Å². The summed E-state index contributed by atoms with van der Waals surface area (Å²) in [4.78, 5) is 40.1. The highest BCUT2D eigenvalue weighted by Crippen LogP contribution is 2.32. The molecule has 0 aliphatic carbocycles. The number of carbonyl (C=O) groups is 3. The lowest BCUT2D eigenvalue weighted by Crippen LogP contribution is -2.52. The van der Waals surface area contributed by atoms with Crippen molar-refractivity contribution in [3.63, 3.8) is 0 Å². The maximum atomic E-state index is 13.1. The molecule has 0 saturated carbocycles. The van der Waals surface area contributed by atoms with Crippen LogP contribution in [0.2, 0.25) is 0 Å². The van der Waals surface area contributed by atoms with Gasteiger partial charge in [-0.15, -0.1) is 0 Å². The van der Waals surface area contributed by atoms with E-state index < -0.39 is 23.2 Å². The van der Waals surface area contributed by atoms with Crippen LogP contribution in [0, 0.1) is 0 Å². The van der Waals surface area contributed by atoms with Crippen molar-refractivity contribution >= 4 is 17.7 Å². The molecule has 6 nitrogen and oxygen atoms in total. The van der Waals surface area contributed by atoms with Gasteiger partial charge in [-0.1, -0.05) is 18.7 Å². The summed E-state index contributed by atoms with van der Waals surface area (Å²) in [7, 11) is 1.47. The molecule has 2 rings (SSSR count). The molecule has 0 atom stereocenters. The van der Waals surface area contributed by atoms with Crippen LogP contribution in [0.25, 0.3) is 0 Å². The van der Waals surface area contributed by atoms with Gasteiger partial charge in [0.25, 0.3) is 5.91 Å². The van der Waals surface area contributed by atoms with Crippen LogP contribution in [0.5, 0.6) is 0 Å². The summed E-state index contributed by atoms with van der Waals surface area (Å²) < 4.78 is 39.3. The SMILES string of the molecule is C=CC(=O)N(C)CC(=O)N1CCN(C(=O)c2ccccc2C(F)(F)F)CC1. The molecule has 3 amide bonds. The Bertz CT molecular complexity index is 741. The number of hydrogen-bond acceptors (Lipinski definition) is 3. The minimum atomic E-state index is -4.62. The van der Waals surface area contributed by atoms with Crippen molar-refractivity contribution in [3.05, 3.63) is 48.0 Å². The van der Waals surface area contributed by atoms with Crippen LogP contribution in [0.3, 0.4) is 0 Å². The van der Waals surface area contributed by atoms with Crippen molar-refractivity contribution in [1.82, 2.24) is 14.7 Å². The first-order valence-corrected chi connectivity index (χ1v) is 8.26. The van der Waals surface area contributed by atoms with Crippen LogP contribution in [0.4, 0.5) is 13.2 Å². The van der Waals surface area contributed by atoms with E-state index >= 15 is 0 Å². The molecule has 9 heteroatoms. The molecule has 0 aromatic heterocycles. The predicted molar refractivity (Wildman–Crippen MR) is 91.8 cm³/mol. The molecule has 1 aromatic carbocycles. The minimum absolute atomic E-state index is 0.121. The third-order valence-electron chi connectivity index (χ3n) is 4.31. The zero-order chi connectivity index (χ0) is 20.2. The van der Waals surface area contributed by atoms with Gasteiger partial charge in [-0.25, -0.2) is 0 Å². The van der Waals surface area contributed by atoms with Crippen molar-refractivity contribution in [1.29, 1.82) is 0 Å². The van der Waals surface area contributed by atoms with E-state index in [1.54, 1.807) is 0 Å². The number of alkyl halides is 3. The summed E-state index contributed by atoms with van der Waals surface area (Å²) in [6.45, 7) is 3.83. The number of benzene rings is 1. The lowest BCUT2D eigenvalue weighted by molar-refractivity contribution is -0.138. The Hall–Kier alpha value is -2.84. The highest BCUT2D eigenvalue weighted by atomic mass is 19.4. The molecule has 0 radical (unpaired) electrons. The zero-order valence-corrected chi connectivity index (χ0v) is 14.8. The second-order valence-electron chi connectivity index (χ2n) is 6.11. The smallest absolute Gasteiger partial charge is 0.338 e. The number of rotatable bonds is 4. The van der Waals surface area contributed by atoms with Crippen molar-refractivity contribution in [3.8, 4) is 0 Å². The minimum Gasteiger partial charge on any atom is -0.338 e. The maximum Gasteiger partial charge on any atom is 0.417 e. The number of nitrogens with zero attached hydrogens (tertiary/aromatic N) is 3. The van der Waals surface area contributed by atoms with Gasteiger partial charge < -0.3 is 14.7 Å². The van der Waals surface area contributed by atoms with E-state index in [9.17, 15) is 27.6 Å². The fourth-order valence-corrected chi connectivity index (χ4v) is 2.78. The first-order chi connectivity index (χ1) is 12.6. The third kappa shape index (κ3) is 4.87. The van der Waals surface area contributed by atoms with Crippen LogP contribution in [0.15, 0.2) is 36.9 Å². The number of piperazine rings is 1. The van der Waals surface area contributed by atoms with E-state index in [2.05, 4.69) is 6.58 Å². The van der Waals surface area contributed by atoms with Gasteiger partial charge in [-0.2, -0.15) is 13.2 Å². The van der Waals surface area contributed by atoms with Crippen LogP contribution >= 0.6 is 0 Å². The predicted octanol–water partition coefficient (Wildman–Crippen LogP) is 1.63. The normalized spacial score (nSPS) is 14.7. The molecule has 0 unspecified atom stereocenters. The van der Waals surface area contributed by atoms with Gasteiger partial charge in [0.15, 0.2) is 0 Å². The van der Waals surface area contributed by atoms with Crippen LogP contribution in [-0.4, -0.2) is 72.2 Å². The van der Waals surface area contributed by atoms with E-state index in [0.717, 1.165) is 18.2 Å². The third-order valence-corrected chi connectivity index (χ3v) is 4.31. The Kier molecular flexibility index (Phi) is 6.24.